The van der Waals surface area contributed by atoms with Crippen molar-refractivity contribution in [1.82, 2.24) is 10.2 Å². The summed E-state index contributed by atoms with van der Waals surface area (Å²) in [5.41, 5.74) is 0. The van der Waals surface area contributed by atoms with Crippen LogP contribution in [0.15, 0.2) is 0 Å². The van der Waals surface area contributed by atoms with E-state index in [4.69, 9.17) is 0 Å². The normalized spacial score (nSPS) is 11.8. The second-order valence-corrected chi connectivity index (χ2v) is 5.79. The number of rotatable bonds is 10. The molecule has 0 aliphatic rings. The maximum Gasteiger partial charge on any atom is 0.445 e. The first-order valence-electron chi connectivity index (χ1n) is 7.18. The minimum absolute atomic E-state index is 0.250. The smallest absolute Gasteiger partial charge is 0.360 e. The van der Waals surface area contributed by atoms with Gasteiger partial charge in [-0.2, -0.15) is 13.2 Å². The number of hydrogen-bond acceptors (Lipinski definition) is 4. The monoisotopic (exact) mass is 309 g/mol. The lowest BCUT2D eigenvalue weighted by Gasteiger charge is -2.02. The van der Waals surface area contributed by atoms with Crippen LogP contribution >= 0.6 is 11.3 Å². The van der Waals surface area contributed by atoms with Gasteiger partial charge >= 0.3 is 6.18 Å². The molecule has 1 aromatic rings. The van der Waals surface area contributed by atoms with Crippen molar-refractivity contribution < 1.29 is 13.2 Å². The van der Waals surface area contributed by atoms with Gasteiger partial charge in [-0.15, -0.1) is 10.2 Å². The van der Waals surface area contributed by atoms with Crippen LogP contribution < -0.4 is 5.32 Å². The molecule has 0 radical (unpaired) electrons. The summed E-state index contributed by atoms with van der Waals surface area (Å²) in [4.78, 5) is 0. The van der Waals surface area contributed by atoms with Gasteiger partial charge in [0.25, 0.3) is 0 Å². The second-order valence-electron chi connectivity index (χ2n) is 4.81. The Morgan fingerprint density at radius 3 is 2.10 bits per heavy atom. The summed E-state index contributed by atoms with van der Waals surface area (Å²) in [6, 6.07) is 0. The SMILES string of the molecule is CCCCCCCCCCNc1nnc(C(F)(F)F)s1. The molecule has 0 amide bonds. The van der Waals surface area contributed by atoms with Crippen molar-refractivity contribution in [3.8, 4) is 0 Å². The molecule has 0 bridgehead atoms. The van der Waals surface area contributed by atoms with Crippen molar-refractivity contribution in [3.63, 3.8) is 0 Å². The highest BCUT2D eigenvalue weighted by atomic mass is 32.1. The molecule has 0 aliphatic heterocycles. The molecule has 0 unspecified atom stereocenters. The molecule has 1 N–H and O–H groups in total. The number of unbranched alkanes of at least 4 members (excludes halogenated alkanes) is 7. The Labute approximate surface area is 122 Å². The van der Waals surface area contributed by atoms with Crippen LogP contribution in [0.4, 0.5) is 18.3 Å². The third-order valence-corrected chi connectivity index (χ3v) is 3.90. The summed E-state index contributed by atoms with van der Waals surface area (Å²) < 4.78 is 36.9. The van der Waals surface area contributed by atoms with Gasteiger partial charge in [-0.1, -0.05) is 63.2 Å². The van der Waals surface area contributed by atoms with E-state index in [0.717, 1.165) is 12.8 Å². The molecular formula is C13H22F3N3S. The van der Waals surface area contributed by atoms with E-state index in [0.29, 0.717) is 17.9 Å². The summed E-state index contributed by atoms with van der Waals surface area (Å²) in [5, 5.41) is 8.86. The molecule has 0 saturated carbocycles. The molecule has 1 aromatic heterocycles. The molecule has 7 heteroatoms. The Bertz CT molecular complexity index is 366. The molecule has 0 aliphatic carbocycles. The lowest BCUT2D eigenvalue weighted by molar-refractivity contribution is -0.138. The van der Waals surface area contributed by atoms with Crippen molar-refractivity contribution in [2.24, 2.45) is 0 Å². The summed E-state index contributed by atoms with van der Waals surface area (Å²) in [6.45, 7) is 2.85. The van der Waals surface area contributed by atoms with Gasteiger partial charge in [0.05, 0.1) is 0 Å². The number of nitrogens with zero attached hydrogens (tertiary/aromatic N) is 2. The predicted molar refractivity (Wildman–Crippen MR) is 76.0 cm³/mol. The van der Waals surface area contributed by atoms with E-state index in [1.165, 1.54) is 38.5 Å². The zero-order valence-electron chi connectivity index (χ0n) is 11.8. The number of hydrogen-bond donors (Lipinski definition) is 1. The van der Waals surface area contributed by atoms with Crippen LogP contribution in [0.5, 0.6) is 0 Å². The van der Waals surface area contributed by atoms with Gasteiger partial charge < -0.3 is 5.32 Å². The topological polar surface area (TPSA) is 37.8 Å². The fourth-order valence-electron chi connectivity index (χ4n) is 1.86. The van der Waals surface area contributed by atoms with E-state index in [1.807, 2.05) is 0 Å². The van der Waals surface area contributed by atoms with Gasteiger partial charge in [0.2, 0.25) is 10.1 Å². The highest BCUT2D eigenvalue weighted by Crippen LogP contribution is 2.32. The Balaban J connectivity index is 2.03. The Morgan fingerprint density at radius 1 is 0.950 bits per heavy atom. The van der Waals surface area contributed by atoms with E-state index < -0.39 is 11.2 Å². The van der Waals surface area contributed by atoms with Gasteiger partial charge in [-0.3, -0.25) is 0 Å². The van der Waals surface area contributed by atoms with Gasteiger partial charge in [-0.25, -0.2) is 0 Å². The average Bonchev–Trinajstić information content (AvgIpc) is 2.85. The van der Waals surface area contributed by atoms with Crippen LogP contribution in [-0.2, 0) is 6.18 Å². The van der Waals surface area contributed by atoms with E-state index in [1.54, 1.807) is 0 Å². The van der Waals surface area contributed by atoms with E-state index in [-0.39, 0.29) is 5.13 Å². The van der Waals surface area contributed by atoms with Gasteiger partial charge in [-0.05, 0) is 6.42 Å². The summed E-state index contributed by atoms with van der Waals surface area (Å²) in [5.74, 6) is 0. The highest BCUT2D eigenvalue weighted by molar-refractivity contribution is 7.15. The van der Waals surface area contributed by atoms with Crippen molar-refractivity contribution >= 4 is 16.5 Å². The van der Waals surface area contributed by atoms with E-state index in [2.05, 4.69) is 22.4 Å². The fourth-order valence-corrected chi connectivity index (χ4v) is 2.50. The van der Waals surface area contributed by atoms with E-state index in [9.17, 15) is 13.2 Å². The van der Waals surface area contributed by atoms with Gasteiger partial charge in [0.15, 0.2) is 0 Å². The first-order valence-corrected chi connectivity index (χ1v) is 8.00. The lowest BCUT2D eigenvalue weighted by Crippen LogP contribution is -2.03. The van der Waals surface area contributed by atoms with Gasteiger partial charge in [0, 0.05) is 6.54 Å². The minimum Gasteiger partial charge on any atom is -0.360 e. The third kappa shape index (κ3) is 7.07. The molecule has 1 rings (SSSR count). The van der Waals surface area contributed by atoms with Crippen LogP contribution in [-0.4, -0.2) is 16.7 Å². The van der Waals surface area contributed by atoms with Crippen LogP contribution in [0.25, 0.3) is 0 Å². The number of aromatic nitrogens is 2. The molecular weight excluding hydrogens is 287 g/mol. The van der Waals surface area contributed by atoms with Crippen LogP contribution in [0.3, 0.4) is 0 Å². The van der Waals surface area contributed by atoms with Crippen LogP contribution in [0.1, 0.15) is 63.3 Å². The van der Waals surface area contributed by atoms with Crippen LogP contribution in [0, 0.1) is 0 Å². The second kappa shape index (κ2) is 9.15. The Morgan fingerprint density at radius 2 is 1.55 bits per heavy atom. The van der Waals surface area contributed by atoms with Crippen molar-refractivity contribution in [2.45, 2.75) is 64.5 Å². The molecule has 3 nitrogen and oxygen atoms in total. The number of nitrogens with one attached hydrogen (secondary N) is 1. The fraction of sp³-hybridized carbons (Fsp3) is 0.846. The highest BCUT2D eigenvalue weighted by Gasteiger charge is 2.35. The lowest BCUT2D eigenvalue weighted by atomic mass is 10.1. The molecule has 0 spiro atoms. The molecule has 116 valence electrons. The standard InChI is InChI=1S/C13H22F3N3S/c1-2-3-4-5-6-7-8-9-10-17-12-19-18-11(20-12)13(14,15)16/h2-10H2,1H3,(H,17,19). The average molecular weight is 309 g/mol. The zero-order chi connectivity index (χ0) is 14.8. The number of anilines is 1. The Kier molecular flexibility index (Phi) is 7.87. The molecule has 0 aromatic carbocycles. The summed E-state index contributed by atoms with van der Waals surface area (Å²) in [7, 11) is 0. The minimum atomic E-state index is -4.39. The molecule has 20 heavy (non-hydrogen) atoms. The van der Waals surface area contributed by atoms with Crippen LogP contribution in [0.2, 0.25) is 0 Å². The molecule has 0 fully saturated rings. The van der Waals surface area contributed by atoms with Crippen molar-refractivity contribution in [1.29, 1.82) is 0 Å². The third-order valence-electron chi connectivity index (χ3n) is 2.97. The summed E-state index contributed by atoms with van der Waals surface area (Å²) >= 11 is 0.559. The van der Waals surface area contributed by atoms with Crippen molar-refractivity contribution in [2.75, 3.05) is 11.9 Å². The number of halogens is 3. The first-order chi connectivity index (χ1) is 9.54. The molecule has 0 saturated heterocycles. The zero-order valence-corrected chi connectivity index (χ0v) is 12.6. The predicted octanol–water partition coefficient (Wildman–Crippen LogP) is 5.11. The van der Waals surface area contributed by atoms with Crippen molar-refractivity contribution in [3.05, 3.63) is 5.01 Å². The maximum absolute atomic E-state index is 12.3. The first kappa shape index (κ1) is 17.2. The largest absolute Gasteiger partial charge is 0.445 e. The van der Waals surface area contributed by atoms with E-state index >= 15 is 0 Å². The Hall–Kier alpha value is -0.850. The summed E-state index contributed by atoms with van der Waals surface area (Å²) in [6.07, 6.45) is 5.25. The molecule has 0 atom stereocenters. The van der Waals surface area contributed by atoms with Gasteiger partial charge in [0.1, 0.15) is 0 Å². The number of alkyl halides is 3. The maximum atomic E-state index is 12.3. The quantitative estimate of drug-likeness (QED) is 0.610. The molecule has 1 heterocycles.